The van der Waals surface area contributed by atoms with Gasteiger partial charge in [-0.3, -0.25) is 9.59 Å². The topological polar surface area (TPSA) is 58.2 Å². The summed E-state index contributed by atoms with van der Waals surface area (Å²) in [5, 5.41) is 4.45. The molecule has 1 aromatic rings. The Bertz CT molecular complexity index is 1160. The van der Waals surface area contributed by atoms with Crippen LogP contribution in [-0.4, -0.2) is 33.7 Å². The van der Waals surface area contributed by atoms with Gasteiger partial charge in [-0.15, -0.1) is 34.8 Å². The van der Waals surface area contributed by atoms with E-state index in [2.05, 4.69) is 10.6 Å². The summed E-state index contributed by atoms with van der Waals surface area (Å²) in [7, 11) is 0. The van der Waals surface area contributed by atoms with Gasteiger partial charge in [0, 0.05) is 5.92 Å². The molecule has 1 saturated carbocycles. The molecule has 5 atom stereocenters. The molecule has 0 aromatic heterocycles. The molecule has 180 valence electrons. The third kappa shape index (κ3) is 5.02. The third-order valence-electron chi connectivity index (χ3n) is 5.77. The summed E-state index contributed by atoms with van der Waals surface area (Å²) in [6.07, 6.45) is 7.33. The van der Waals surface area contributed by atoms with Crippen molar-refractivity contribution < 1.29 is 18.4 Å². The van der Waals surface area contributed by atoms with Gasteiger partial charge in [0.15, 0.2) is 0 Å². The molecule has 1 aromatic carbocycles. The summed E-state index contributed by atoms with van der Waals surface area (Å²) >= 11 is 31.3. The highest BCUT2D eigenvalue weighted by atomic mass is 35.5. The van der Waals surface area contributed by atoms with Crippen LogP contribution in [0.5, 0.6) is 0 Å². The minimum atomic E-state index is -1.42. The van der Waals surface area contributed by atoms with Crippen LogP contribution in [0.15, 0.2) is 60.0 Å². The number of rotatable bonds is 5. The second-order valence-corrected chi connectivity index (χ2v) is 10.8. The Kier molecular flexibility index (Phi) is 7.37. The van der Waals surface area contributed by atoms with Crippen LogP contribution in [-0.2, 0) is 4.79 Å². The van der Waals surface area contributed by atoms with E-state index >= 15 is 0 Å². The molecule has 0 bridgehead atoms. The fourth-order valence-electron chi connectivity index (χ4n) is 3.93. The average molecular weight is 569 g/mol. The van der Waals surface area contributed by atoms with Crippen molar-refractivity contribution in [3.63, 3.8) is 0 Å². The van der Waals surface area contributed by atoms with Crippen LogP contribution in [0.3, 0.4) is 0 Å². The van der Waals surface area contributed by atoms with Gasteiger partial charge in [-0.25, -0.2) is 8.78 Å². The first-order chi connectivity index (χ1) is 16.0. The molecule has 1 fully saturated rings. The average Bonchev–Trinajstić information content (AvgIpc) is 3.36. The Morgan fingerprint density at radius 2 is 1.85 bits per heavy atom. The molecule has 3 aliphatic carbocycles. The molecule has 3 aliphatic rings. The van der Waals surface area contributed by atoms with Crippen LogP contribution in [0.25, 0.3) is 0 Å². The van der Waals surface area contributed by atoms with E-state index in [1.54, 1.807) is 0 Å². The summed E-state index contributed by atoms with van der Waals surface area (Å²) in [6.45, 7) is 0. The van der Waals surface area contributed by atoms with E-state index in [1.807, 2.05) is 0 Å². The van der Waals surface area contributed by atoms with E-state index in [-0.39, 0.29) is 33.5 Å². The molecule has 0 radical (unpaired) electrons. The Hall–Kier alpha value is -1.57. The largest absolute Gasteiger partial charge is 0.345 e. The van der Waals surface area contributed by atoms with Gasteiger partial charge in [-0.05, 0) is 42.4 Å². The van der Waals surface area contributed by atoms with E-state index < -0.39 is 45.6 Å². The van der Waals surface area contributed by atoms with Gasteiger partial charge in [0.2, 0.25) is 5.91 Å². The van der Waals surface area contributed by atoms with Crippen molar-refractivity contribution in [3.05, 3.63) is 75.6 Å². The van der Waals surface area contributed by atoms with Crippen molar-refractivity contribution in [1.82, 2.24) is 5.32 Å². The molecule has 2 amide bonds. The van der Waals surface area contributed by atoms with E-state index in [0.29, 0.717) is 5.57 Å². The zero-order chi connectivity index (χ0) is 24.8. The number of nitrogens with one attached hydrogen (secondary N) is 2. The Balaban J connectivity index is 1.50. The van der Waals surface area contributed by atoms with Gasteiger partial charge in [0.1, 0.15) is 16.3 Å². The molecular weight excluding hydrogens is 552 g/mol. The van der Waals surface area contributed by atoms with E-state index in [9.17, 15) is 18.4 Å². The molecule has 0 spiro atoms. The number of amides is 2. The maximum Gasteiger partial charge on any atom is 0.254 e. The van der Waals surface area contributed by atoms with Gasteiger partial charge >= 0.3 is 0 Å². The van der Waals surface area contributed by atoms with Crippen molar-refractivity contribution in [2.45, 2.75) is 28.3 Å². The fraction of sp³-hybridized carbons (Fsp3) is 0.304. The molecule has 4 unspecified atom stereocenters. The Morgan fingerprint density at radius 1 is 1.12 bits per heavy atom. The first kappa shape index (κ1) is 25.5. The standard InChI is InChI=1S/C23H17Cl5F2N2O2/c24-13-6-8-16(20(26)17(13)21(33)31-12-4-2-11(29)3-5-12)32-22(34)19-18(23(19,27)28)10-1-7-15(30)14(25)9-10/h1-4,6-9,12,14-15,18-19H,5H2,(H,31,33)(H,32,34)/t12?,14-,15?,18?,19?/m1/s1. The summed E-state index contributed by atoms with van der Waals surface area (Å²) in [4.78, 5) is 25.8. The zero-order valence-electron chi connectivity index (χ0n) is 17.2. The summed E-state index contributed by atoms with van der Waals surface area (Å²) < 4.78 is 25.4. The zero-order valence-corrected chi connectivity index (χ0v) is 21.0. The van der Waals surface area contributed by atoms with Crippen molar-refractivity contribution >= 4 is 75.5 Å². The lowest BCUT2D eigenvalue weighted by Crippen LogP contribution is -2.34. The lowest BCUT2D eigenvalue weighted by atomic mass is 10.0. The van der Waals surface area contributed by atoms with Gasteiger partial charge < -0.3 is 10.6 Å². The molecule has 0 aliphatic heterocycles. The van der Waals surface area contributed by atoms with E-state index in [4.69, 9.17) is 58.0 Å². The van der Waals surface area contributed by atoms with Crippen LogP contribution in [0.2, 0.25) is 10.0 Å². The lowest BCUT2D eigenvalue weighted by molar-refractivity contribution is -0.117. The Labute approximate surface area is 219 Å². The second-order valence-electron chi connectivity index (χ2n) is 8.08. The van der Waals surface area contributed by atoms with Crippen LogP contribution in [0.1, 0.15) is 16.8 Å². The lowest BCUT2D eigenvalue weighted by Gasteiger charge is -2.18. The number of alkyl halides is 4. The molecular formula is C23H17Cl5F2N2O2. The van der Waals surface area contributed by atoms with Crippen LogP contribution < -0.4 is 10.6 Å². The van der Waals surface area contributed by atoms with E-state index in [1.165, 1.54) is 48.6 Å². The van der Waals surface area contributed by atoms with Crippen molar-refractivity contribution in [3.8, 4) is 0 Å². The van der Waals surface area contributed by atoms with Gasteiger partial charge in [-0.2, -0.15) is 0 Å². The number of anilines is 1. The summed E-state index contributed by atoms with van der Waals surface area (Å²) in [6, 6.07) is 2.42. The smallest absolute Gasteiger partial charge is 0.254 e. The quantitative estimate of drug-likeness (QED) is 0.388. The molecule has 11 heteroatoms. The van der Waals surface area contributed by atoms with Gasteiger partial charge in [0.05, 0.1) is 38.6 Å². The van der Waals surface area contributed by atoms with Crippen molar-refractivity contribution in [2.24, 2.45) is 11.8 Å². The molecule has 34 heavy (non-hydrogen) atoms. The second kappa shape index (κ2) is 9.82. The summed E-state index contributed by atoms with van der Waals surface area (Å²) in [5.74, 6) is -2.96. The highest BCUT2D eigenvalue weighted by Crippen LogP contribution is 2.63. The molecule has 2 N–H and O–H groups in total. The number of carbonyl (C=O) groups is 2. The van der Waals surface area contributed by atoms with Crippen molar-refractivity contribution in [2.75, 3.05) is 5.32 Å². The highest BCUT2D eigenvalue weighted by Gasteiger charge is 2.68. The van der Waals surface area contributed by atoms with E-state index in [0.717, 1.165) is 0 Å². The minimum absolute atomic E-state index is 0.0446. The number of carbonyl (C=O) groups excluding carboxylic acids is 2. The highest BCUT2D eigenvalue weighted by molar-refractivity contribution is 6.53. The van der Waals surface area contributed by atoms with Crippen LogP contribution in [0, 0.1) is 11.8 Å². The van der Waals surface area contributed by atoms with Gasteiger partial charge in [0.25, 0.3) is 5.91 Å². The minimum Gasteiger partial charge on any atom is -0.345 e. The predicted octanol–water partition coefficient (Wildman–Crippen LogP) is 6.71. The maximum atomic E-state index is 13.6. The maximum absolute atomic E-state index is 13.6. The van der Waals surface area contributed by atoms with Crippen molar-refractivity contribution in [1.29, 1.82) is 0 Å². The predicted molar refractivity (Wildman–Crippen MR) is 132 cm³/mol. The van der Waals surface area contributed by atoms with Crippen LogP contribution in [0.4, 0.5) is 14.5 Å². The Morgan fingerprint density at radius 3 is 2.50 bits per heavy atom. The normalized spacial score (nSPS) is 29.2. The number of halogens is 7. The monoisotopic (exact) mass is 566 g/mol. The third-order valence-corrected chi connectivity index (χ3v) is 7.79. The number of allylic oxidation sites excluding steroid dienone is 6. The summed E-state index contributed by atoms with van der Waals surface area (Å²) in [5.41, 5.74) is 0.650. The molecule has 4 rings (SSSR count). The molecule has 0 heterocycles. The first-order valence-corrected chi connectivity index (χ1v) is 12.1. The van der Waals surface area contributed by atoms with Crippen LogP contribution >= 0.6 is 58.0 Å². The molecule has 4 nitrogen and oxygen atoms in total. The number of hydrogen-bond donors (Lipinski definition) is 2. The molecule has 0 saturated heterocycles. The fourth-order valence-corrected chi connectivity index (χ4v) is 5.57. The SMILES string of the molecule is O=C(NC1C=CC(F)=CC1)c1c(Cl)ccc(NC(=O)C2C(C3=C[C@@H](Cl)C(F)C=C3)C2(Cl)Cl)c1Cl. The number of hydrogen-bond acceptors (Lipinski definition) is 2. The number of benzene rings is 1. The van der Waals surface area contributed by atoms with Gasteiger partial charge in [-0.1, -0.05) is 41.4 Å². The first-order valence-electron chi connectivity index (χ1n) is 10.2.